The summed E-state index contributed by atoms with van der Waals surface area (Å²) in [5.41, 5.74) is 3.92. The number of ether oxygens (including phenoxy) is 3. The molecule has 2 amide bonds. The first-order valence-corrected chi connectivity index (χ1v) is 10.00. The molecule has 0 aromatic heterocycles. The minimum atomic E-state index is -0.820. The summed E-state index contributed by atoms with van der Waals surface area (Å²) in [5, 5.41) is 24.4. The Hall–Kier alpha value is -4.30. The Morgan fingerprint density at radius 3 is 2.24 bits per heavy atom. The van der Waals surface area contributed by atoms with Gasteiger partial charge in [-0.25, -0.2) is 9.59 Å². The second-order valence-corrected chi connectivity index (χ2v) is 6.44. The summed E-state index contributed by atoms with van der Waals surface area (Å²) >= 11 is 0. The van der Waals surface area contributed by atoms with Crippen molar-refractivity contribution in [2.75, 3.05) is 43.8 Å². The number of hydrazine groups is 1. The number of rotatable bonds is 13. The molecular formula is C20H23N5O9. The quantitative estimate of drug-likeness (QED) is 0.168. The molecule has 14 nitrogen and oxygen atoms in total. The number of urea groups is 1. The van der Waals surface area contributed by atoms with Gasteiger partial charge in [-0.1, -0.05) is 0 Å². The van der Waals surface area contributed by atoms with Crippen molar-refractivity contribution in [1.82, 2.24) is 5.43 Å². The Morgan fingerprint density at radius 1 is 0.912 bits per heavy atom. The maximum atomic E-state index is 12.1. The molecule has 0 saturated heterocycles. The average Bonchev–Trinajstić information content (AvgIpc) is 2.82. The standard InChI is InChI=1S/C20H23N5O9/c1-2-32-9-10-33-11-12-34-19(26)14-3-5-15(6-4-14)21-20(27)23-22-17-8-7-16(24(28)29)13-18(17)25(30)31/h3-8,13,22H,2,9-12H2,1H3,(H2,21,23,27). The normalized spacial score (nSPS) is 10.3. The van der Waals surface area contributed by atoms with Crippen LogP contribution in [0.3, 0.4) is 0 Å². The van der Waals surface area contributed by atoms with Crippen molar-refractivity contribution < 1.29 is 33.6 Å². The molecule has 0 bridgehead atoms. The third-order valence-electron chi connectivity index (χ3n) is 4.11. The molecule has 14 heteroatoms. The third kappa shape index (κ3) is 8.33. The summed E-state index contributed by atoms with van der Waals surface area (Å²) in [6.45, 7) is 3.66. The van der Waals surface area contributed by atoms with Crippen LogP contribution in [0.5, 0.6) is 0 Å². The Bertz CT molecular complexity index is 1010. The van der Waals surface area contributed by atoms with Crippen LogP contribution in [-0.2, 0) is 14.2 Å². The number of nitro groups is 2. The second kappa shape index (κ2) is 13.3. The lowest BCUT2D eigenvalue weighted by atomic mass is 10.2. The number of esters is 1. The molecule has 2 rings (SSSR count). The van der Waals surface area contributed by atoms with Crippen molar-refractivity contribution >= 4 is 34.7 Å². The van der Waals surface area contributed by atoms with Gasteiger partial charge < -0.3 is 19.5 Å². The molecule has 0 unspecified atom stereocenters. The van der Waals surface area contributed by atoms with Crippen LogP contribution in [0.25, 0.3) is 0 Å². The van der Waals surface area contributed by atoms with E-state index in [4.69, 9.17) is 14.2 Å². The van der Waals surface area contributed by atoms with Gasteiger partial charge in [-0.15, -0.1) is 0 Å². The number of benzene rings is 2. The zero-order chi connectivity index (χ0) is 24.9. The van der Waals surface area contributed by atoms with Crippen LogP contribution < -0.4 is 16.2 Å². The molecule has 0 aliphatic heterocycles. The molecule has 2 aromatic rings. The molecule has 0 fully saturated rings. The molecule has 0 aliphatic rings. The maximum absolute atomic E-state index is 12.1. The van der Waals surface area contributed by atoms with Gasteiger partial charge in [0, 0.05) is 18.4 Å². The van der Waals surface area contributed by atoms with E-state index in [0.29, 0.717) is 25.5 Å². The molecule has 0 heterocycles. The van der Waals surface area contributed by atoms with Gasteiger partial charge in [0.25, 0.3) is 5.69 Å². The molecule has 0 aliphatic carbocycles. The highest BCUT2D eigenvalue weighted by Crippen LogP contribution is 2.28. The van der Waals surface area contributed by atoms with Crippen LogP contribution in [-0.4, -0.2) is 54.9 Å². The number of carbonyl (C=O) groups is 2. The first-order valence-electron chi connectivity index (χ1n) is 10.00. The zero-order valence-corrected chi connectivity index (χ0v) is 18.1. The van der Waals surface area contributed by atoms with E-state index in [2.05, 4.69) is 16.2 Å². The molecule has 0 spiro atoms. The van der Waals surface area contributed by atoms with Gasteiger partial charge in [-0.3, -0.25) is 31.1 Å². The minimum absolute atomic E-state index is 0.0772. The largest absolute Gasteiger partial charge is 0.460 e. The Labute approximate surface area is 193 Å². The fourth-order valence-corrected chi connectivity index (χ4v) is 2.51. The SMILES string of the molecule is CCOCCOCCOC(=O)c1ccc(NC(=O)NNc2ccc([N+](=O)[O-])cc2[N+](=O)[O-])cc1. The van der Waals surface area contributed by atoms with E-state index >= 15 is 0 Å². The number of amides is 2. The van der Waals surface area contributed by atoms with Crippen molar-refractivity contribution in [2.45, 2.75) is 6.92 Å². The zero-order valence-electron chi connectivity index (χ0n) is 18.1. The van der Waals surface area contributed by atoms with Crippen molar-refractivity contribution in [3.8, 4) is 0 Å². The van der Waals surface area contributed by atoms with E-state index in [-0.39, 0.29) is 24.5 Å². The predicted molar refractivity (Wildman–Crippen MR) is 120 cm³/mol. The lowest BCUT2D eigenvalue weighted by Crippen LogP contribution is -2.33. The summed E-state index contributed by atoms with van der Waals surface area (Å²) in [6.07, 6.45) is 0. The van der Waals surface area contributed by atoms with Crippen LogP contribution >= 0.6 is 0 Å². The lowest BCUT2D eigenvalue weighted by Gasteiger charge is -2.11. The topological polar surface area (TPSA) is 184 Å². The lowest BCUT2D eigenvalue weighted by molar-refractivity contribution is -0.393. The molecule has 0 saturated carbocycles. The highest BCUT2D eigenvalue weighted by Gasteiger charge is 2.19. The number of nitro benzene ring substituents is 2. The van der Waals surface area contributed by atoms with Gasteiger partial charge in [0.2, 0.25) is 0 Å². The Morgan fingerprint density at radius 2 is 1.59 bits per heavy atom. The highest BCUT2D eigenvalue weighted by molar-refractivity contribution is 5.92. The van der Waals surface area contributed by atoms with E-state index in [1.54, 1.807) is 0 Å². The summed E-state index contributed by atoms with van der Waals surface area (Å²) in [4.78, 5) is 44.4. The van der Waals surface area contributed by atoms with E-state index in [1.807, 2.05) is 6.92 Å². The van der Waals surface area contributed by atoms with Gasteiger partial charge in [0.15, 0.2) is 0 Å². The van der Waals surface area contributed by atoms with Crippen molar-refractivity contribution in [2.24, 2.45) is 0 Å². The van der Waals surface area contributed by atoms with Crippen LogP contribution in [0.1, 0.15) is 17.3 Å². The number of hydrogen-bond acceptors (Lipinski definition) is 10. The van der Waals surface area contributed by atoms with E-state index in [1.165, 1.54) is 24.3 Å². The van der Waals surface area contributed by atoms with Crippen LogP contribution in [0.15, 0.2) is 42.5 Å². The molecule has 0 radical (unpaired) electrons. The highest BCUT2D eigenvalue weighted by atomic mass is 16.6. The molecule has 3 N–H and O–H groups in total. The average molecular weight is 477 g/mol. The van der Waals surface area contributed by atoms with Gasteiger partial charge in [-0.05, 0) is 37.3 Å². The fourth-order valence-electron chi connectivity index (χ4n) is 2.51. The number of carbonyl (C=O) groups excluding carboxylic acids is 2. The summed E-state index contributed by atoms with van der Waals surface area (Å²) in [5.74, 6) is -0.559. The molecular weight excluding hydrogens is 454 g/mol. The minimum Gasteiger partial charge on any atom is -0.460 e. The monoisotopic (exact) mass is 477 g/mol. The molecule has 34 heavy (non-hydrogen) atoms. The van der Waals surface area contributed by atoms with Crippen molar-refractivity contribution in [3.63, 3.8) is 0 Å². The first-order chi connectivity index (χ1) is 16.3. The van der Waals surface area contributed by atoms with Gasteiger partial charge in [0.1, 0.15) is 12.3 Å². The van der Waals surface area contributed by atoms with Crippen LogP contribution in [0.2, 0.25) is 0 Å². The number of hydrogen-bond donors (Lipinski definition) is 3. The molecule has 182 valence electrons. The second-order valence-electron chi connectivity index (χ2n) is 6.44. The fraction of sp³-hybridized carbons (Fsp3) is 0.300. The smallest absolute Gasteiger partial charge is 0.338 e. The summed E-state index contributed by atoms with van der Waals surface area (Å²) < 4.78 is 15.4. The number of nitrogens with zero attached hydrogens (tertiary/aromatic N) is 2. The summed E-state index contributed by atoms with van der Waals surface area (Å²) in [6, 6.07) is 7.97. The Kier molecular flexibility index (Phi) is 10.1. The van der Waals surface area contributed by atoms with Crippen LogP contribution in [0.4, 0.5) is 27.5 Å². The number of anilines is 2. The molecule has 0 atom stereocenters. The number of nitrogens with one attached hydrogen (secondary N) is 3. The Balaban J connectivity index is 1.81. The van der Waals surface area contributed by atoms with Crippen LogP contribution in [0, 0.1) is 20.2 Å². The molecule has 2 aromatic carbocycles. The predicted octanol–water partition coefficient (Wildman–Crippen LogP) is 2.86. The third-order valence-corrected chi connectivity index (χ3v) is 4.11. The van der Waals surface area contributed by atoms with E-state index < -0.39 is 33.2 Å². The maximum Gasteiger partial charge on any atom is 0.338 e. The summed E-state index contributed by atoms with van der Waals surface area (Å²) in [7, 11) is 0. The van der Waals surface area contributed by atoms with Gasteiger partial charge in [-0.2, -0.15) is 0 Å². The number of non-ortho nitro benzene ring substituents is 1. The first kappa shape index (κ1) is 26.0. The van der Waals surface area contributed by atoms with Crippen molar-refractivity contribution in [1.29, 1.82) is 0 Å². The van der Waals surface area contributed by atoms with Gasteiger partial charge in [0.05, 0.1) is 41.3 Å². The van der Waals surface area contributed by atoms with Gasteiger partial charge >= 0.3 is 17.7 Å². The van der Waals surface area contributed by atoms with Crippen molar-refractivity contribution in [3.05, 3.63) is 68.3 Å². The van der Waals surface area contributed by atoms with E-state index in [0.717, 1.165) is 18.2 Å². The van der Waals surface area contributed by atoms with E-state index in [9.17, 15) is 29.8 Å².